The highest BCUT2D eigenvalue weighted by molar-refractivity contribution is 7.07. The van der Waals surface area contributed by atoms with Gasteiger partial charge in [-0.25, -0.2) is 4.79 Å². The van der Waals surface area contributed by atoms with Crippen molar-refractivity contribution in [2.75, 3.05) is 7.11 Å². The SMILES string of the molecule is COC(=O)C1=C(N)n2c(s/c(=C/c3ccc([N+](=O)[O-])cc3)c2=O)=C(C(=O)NCc2ccccc2)C1c1ccc([N+](=O)[O-])cc1. The van der Waals surface area contributed by atoms with E-state index in [0.717, 1.165) is 28.6 Å². The maximum absolute atomic E-state index is 14.0. The number of nitrogens with one attached hydrogen (secondary N) is 1. The van der Waals surface area contributed by atoms with Crippen molar-refractivity contribution in [2.45, 2.75) is 12.5 Å². The van der Waals surface area contributed by atoms with E-state index in [1.807, 2.05) is 30.3 Å². The number of carbonyl (C=O) groups is 2. The zero-order chi connectivity index (χ0) is 31.5. The second-order valence-corrected chi connectivity index (χ2v) is 10.6. The van der Waals surface area contributed by atoms with Gasteiger partial charge in [-0.15, -0.1) is 11.3 Å². The van der Waals surface area contributed by atoms with Crippen molar-refractivity contribution < 1.29 is 24.2 Å². The lowest BCUT2D eigenvalue weighted by molar-refractivity contribution is -0.385. The number of hydrogen-bond acceptors (Lipinski definition) is 10. The van der Waals surface area contributed by atoms with Crippen LogP contribution in [0.15, 0.2) is 89.2 Å². The fourth-order valence-corrected chi connectivity index (χ4v) is 5.99. The van der Waals surface area contributed by atoms with Gasteiger partial charge >= 0.3 is 5.97 Å². The third-order valence-electron chi connectivity index (χ3n) is 6.93. The van der Waals surface area contributed by atoms with Gasteiger partial charge in [0, 0.05) is 30.8 Å². The smallest absolute Gasteiger partial charge is 0.338 e. The second-order valence-electron chi connectivity index (χ2n) is 9.56. The fraction of sp³-hybridized carbons (Fsp3) is 0.100. The summed E-state index contributed by atoms with van der Waals surface area (Å²) in [5.41, 5.74) is 6.92. The summed E-state index contributed by atoms with van der Waals surface area (Å²) in [6.07, 6.45) is 1.49. The van der Waals surface area contributed by atoms with Crippen LogP contribution in [0.3, 0.4) is 0 Å². The average Bonchev–Trinajstić information content (AvgIpc) is 3.35. The molecular weight excluding hydrogens is 590 g/mol. The number of aromatic nitrogens is 1. The number of methoxy groups -OCH3 is 1. The van der Waals surface area contributed by atoms with Gasteiger partial charge in [0.1, 0.15) is 10.5 Å². The molecule has 0 saturated carbocycles. The highest BCUT2D eigenvalue weighted by Crippen LogP contribution is 2.37. The van der Waals surface area contributed by atoms with Crippen molar-refractivity contribution in [3.63, 3.8) is 0 Å². The Hall–Kier alpha value is -5.89. The summed E-state index contributed by atoms with van der Waals surface area (Å²) < 4.78 is 6.36. The summed E-state index contributed by atoms with van der Waals surface area (Å²) in [4.78, 5) is 62.2. The van der Waals surface area contributed by atoms with E-state index in [4.69, 9.17) is 10.5 Å². The first kappa shape index (κ1) is 29.6. The molecule has 1 amide bonds. The van der Waals surface area contributed by atoms with Crippen LogP contribution in [0.5, 0.6) is 0 Å². The Kier molecular flexibility index (Phi) is 8.17. The van der Waals surface area contributed by atoms with Gasteiger partial charge in [0.05, 0.1) is 38.6 Å². The van der Waals surface area contributed by atoms with E-state index in [-0.39, 0.29) is 44.1 Å². The first-order chi connectivity index (χ1) is 21.1. The van der Waals surface area contributed by atoms with Gasteiger partial charge in [0.2, 0.25) is 0 Å². The van der Waals surface area contributed by atoms with E-state index in [9.17, 15) is 34.6 Å². The molecule has 3 N–H and O–H groups in total. The lowest BCUT2D eigenvalue weighted by Crippen LogP contribution is -2.43. The standard InChI is InChI=1S/C30H23N5O8S/c1-43-30(38)24-23(19-9-13-21(14-10-19)35(41)42)25(27(36)32-16-18-5-3-2-4-6-18)29-33(26(24)31)28(37)22(44-29)15-17-7-11-20(12-8-17)34(39)40/h2-15,23H,16,31H2,1H3,(H,32,36)/b22-15+. The Morgan fingerprint density at radius 3 is 2.11 bits per heavy atom. The van der Waals surface area contributed by atoms with Gasteiger partial charge in [-0.1, -0.05) is 42.5 Å². The molecule has 1 aliphatic heterocycles. The van der Waals surface area contributed by atoms with Crippen LogP contribution in [0, 0.1) is 20.2 Å². The van der Waals surface area contributed by atoms with Crippen LogP contribution in [-0.4, -0.2) is 33.4 Å². The van der Waals surface area contributed by atoms with E-state index >= 15 is 0 Å². The highest BCUT2D eigenvalue weighted by atomic mass is 32.1. The number of rotatable bonds is 8. The van der Waals surface area contributed by atoms with E-state index in [2.05, 4.69) is 5.32 Å². The number of nitrogens with two attached hydrogens (primary N) is 1. The quantitative estimate of drug-likeness (QED) is 0.170. The molecule has 0 bridgehead atoms. The monoisotopic (exact) mass is 613 g/mol. The molecule has 13 nitrogen and oxygen atoms in total. The normalized spacial score (nSPS) is 14.6. The number of non-ortho nitro benzene ring substituents is 2. The van der Waals surface area contributed by atoms with Crippen molar-refractivity contribution in [2.24, 2.45) is 5.73 Å². The van der Waals surface area contributed by atoms with E-state index in [0.29, 0.717) is 11.1 Å². The molecule has 3 aromatic carbocycles. The predicted molar refractivity (Wildman–Crippen MR) is 161 cm³/mol. The maximum atomic E-state index is 14.0. The molecule has 1 unspecified atom stereocenters. The summed E-state index contributed by atoms with van der Waals surface area (Å²) in [5, 5.41) is 25.2. The van der Waals surface area contributed by atoms with Crippen LogP contribution in [-0.2, 0) is 20.9 Å². The van der Waals surface area contributed by atoms with E-state index in [1.165, 1.54) is 54.6 Å². The Morgan fingerprint density at radius 2 is 1.55 bits per heavy atom. The number of nitrogens with zero attached hydrogens (tertiary/aromatic N) is 3. The van der Waals surface area contributed by atoms with Gasteiger partial charge in [0.25, 0.3) is 22.8 Å². The Morgan fingerprint density at radius 1 is 0.955 bits per heavy atom. The summed E-state index contributed by atoms with van der Waals surface area (Å²) in [6.45, 7) is 0.125. The van der Waals surface area contributed by atoms with E-state index < -0.39 is 33.2 Å². The molecule has 0 aliphatic carbocycles. The number of hydrogen-bond donors (Lipinski definition) is 2. The van der Waals surface area contributed by atoms with Crippen molar-refractivity contribution in [3.05, 3.63) is 141 Å². The minimum Gasteiger partial charge on any atom is -0.466 e. The van der Waals surface area contributed by atoms with Gasteiger partial charge in [-0.2, -0.15) is 0 Å². The molecule has 0 saturated heterocycles. The van der Waals surface area contributed by atoms with Crippen LogP contribution in [0.25, 0.3) is 17.5 Å². The molecule has 222 valence electrons. The molecule has 0 spiro atoms. The lowest BCUT2D eigenvalue weighted by atomic mass is 9.82. The average molecular weight is 614 g/mol. The summed E-state index contributed by atoms with van der Waals surface area (Å²) >= 11 is 0.946. The molecule has 0 fully saturated rings. The molecule has 1 aromatic heterocycles. The molecule has 4 aromatic rings. The summed E-state index contributed by atoms with van der Waals surface area (Å²) in [5.74, 6) is -2.92. The maximum Gasteiger partial charge on any atom is 0.338 e. The zero-order valence-corrected chi connectivity index (χ0v) is 23.8. The topological polar surface area (TPSA) is 190 Å². The van der Waals surface area contributed by atoms with Crippen LogP contribution < -0.4 is 25.8 Å². The minimum absolute atomic E-state index is 0.00911. The van der Waals surface area contributed by atoms with Crippen LogP contribution >= 0.6 is 11.3 Å². The first-order valence-corrected chi connectivity index (χ1v) is 13.8. The minimum atomic E-state index is -1.15. The van der Waals surface area contributed by atoms with E-state index in [1.54, 1.807) is 0 Å². The molecule has 1 atom stereocenters. The third kappa shape index (κ3) is 5.61. The van der Waals surface area contributed by atoms with Gasteiger partial charge in [-0.05, 0) is 34.9 Å². The van der Waals surface area contributed by atoms with Crippen molar-refractivity contribution in [1.82, 2.24) is 9.88 Å². The molecule has 5 rings (SSSR count). The fourth-order valence-electron chi connectivity index (χ4n) is 4.82. The van der Waals surface area contributed by atoms with Crippen LogP contribution in [0.4, 0.5) is 11.4 Å². The molecule has 1 aliphatic rings. The molecular formula is C30H23N5O8S. The first-order valence-electron chi connectivity index (χ1n) is 13.0. The zero-order valence-electron chi connectivity index (χ0n) is 23.0. The number of amides is 1. The molecule has 0 radical (unpaired) electrons. The number of carbonyl (C=O) groups excluding carboxylic acids is 2. The summed E-state index contributed by atoms with van der Waals surface area (Å²) in [7, 11) is 1.13. The largest absolute Gasteiger partial charge is 0.466 e. The number of benzene rings is 3. The number of ether oxygens (including phenoxy) is 1. The highest BCUT2D eigenvalue weighted by Gasteiger charge is 2.39. The number of esters is 1. The third-order valence-corrected chi connectivity index (χ3v) is 8.04. The Balaban J connectivity index is 1.76. The molecule has 14 heteroatoms. The van der Waals surface area contributed by atoms with Crippen molar-refractivity contribution in [1.29, 1.82) is 0 Å². The van der Waals surface area contributed by atoms with Crippen molar-refractivity contribution in [3.8, 4) is 0 Å². The van der Waals surface area contributed by atoms with Crippen LogP contribution in [0.2, 0.25) is 0 Å². The number of fused-ring (bicyclic) bond motifs is 1. The second kappa shape index (κ2) is 12.1. The number of nitro groups is 2. The number of thiazole rings is 1. The van der Waals surface area contributed by atoms with Gasteiger partial charge in [-0.3, -0.25) is 34.4 Å². The van der Waals surface area contributed by atoms with Gasteiger partial charge < -0.3 is 15.8 Å². The predicted octanol–water partition coefficient (Wildman–Crippen LogP) is 2.12. The summed E-state index contributed by atoms with van der Waals surface area (Å²) in [6, 6.07) is 19.9. The van der Waals surface area contributed by atoms with Gasteiger partial charge in [0.15, 0.2) is 0 Å². The van der Waals surface area contributed by atoms with Crippen molar-refractivity contribution >= 4 is 52.1 Å². The molecule has 44 heavy (non-hydrogen) atoms. The number of nitro benzene ring substituents is 2. The molecule has 2 heterocycles. The Labute approximate surface area is 252 Å². The Bertz CT molecular complexity index is 2010. The lowest BCUT2D eigenvalue weighted by Gasteiger charge is -2.27. The van der Waals surface area contributed by atoms with Crippen LogP contribution in [0.1, 0.15) is 22.6 Å².